The number of allylic oxidation sites excluding steroid dienone is 2. The minimum absolute atomic E-state index is 0.0162. The molecule has 0 spiro atoms. The van der Waals surface area contributed by atoms with Gasteiger partial charge in [0.25, 0.3) is 0 Å². The molecule has 0 aliphatic heterocycles. The molecule has 0 saturated heterocycles. The summed E-state index contributed by atoms with van der Waals surface area (Å²) in [5.74, 6) is 1.13. The number of aliphatic hydroxyl groups is 4. The smallest absolute Gasteiger partial charge is 0.0762 e. The Hall–Kier alpha value is -0.680. The quantitative estimate of drug-likeness (QED) is 0.403. The summed E-state index contributed by atoms with van der Waals surface area (Å²) in [6.07, 6.45) is 8.16. The van der Waals surface area contributed by atoms with Crippen molar-refractivity contribution in [2.45, 2.75) is 118 Å². The molecule has 9 atom stereocenters. The summed E-state index contributed by atoms with van der Waals surface area (Å²) < 4.78 is 0. The summed E-state index contributed by atoms with van der Waals surface area (Å²) in [7, 11) is 0. The Morgan fingerprint density at radius 2 is 1.71 bits per heavy atom. The zero-order chi connectivity index (χ0) is 25.3. The molecule has 4 N–H and O–H groups in total. The average molecular weight is 475 g/mol. The fourth-order valence-electron chi connectivity index (χ4n) is 9.43. The van der Waals surface area contributed by atoms with Gasteiger partial charge in [0, 0.05) is 5.41 Å². The van der Waals surface area contributed by atoms with Gasteiger partial charge in [0.05, 0.1) is 24.9 Å². The van der Waals surface area contributed by atoms with E-state index in [0.29, 0.717) is 18.3 Å². The van der Waals surface area contributed by atoms with Crippen LogP contribution in [0.1, 0.15) is 99.8 Å². The van der Waals surface area contributed by atoms with Crippen LogP contribution in [0.2, 0.25) is 0 Å². The molecule has 4 rings (SSSR count). The molecule has 2 fully saturated rings. The van der Waals surface area contributed by atoms with Crippen molar-refractivity contribution in [2.75, 3.05) is 6.61 Å². The molecule has 0 unspecified atom stereocenters. The second-order valence-electron chi connectivity index (χ2n) is 13.7. The first-order valence-corrected chi connectivity index (χ1v) is 13.8. The highest BCUT2D eigenvalue weighted by molar-refractivity contribution is 5.42. The van der Waals surface area contributed by atoms with Crippen molar-refractivity contribution in [3.05, 3.63) is 22.8 Å². The van der Waals surface area contributed by atoms with Gasteiger partial charge in [-0.2, -0.15) is 0 Å². The van der Waals surface area contributed by atoms with Crippen LogP contribution in [-0.4, -0.2) is 45.3 Å². The van der Waals surface area contributed by atoms with Gasteiger partial charge in [0.1, 0.15) is 0 Å². The third-order valence-electron chi connectivity index (χ3n) is 11.9. The van der Waals surface area contributed by atoms with Crippen molar-refractivity contribution >= 4 is 0 Å². The topological polar surface area (TPSA) is 80.9 Å². The third-order valence-corrected chi connectivity index (χ3v) is 11.9. The molecule has 0 aromatic rings. The third kappa shape index (κ3) is 3.53. The summed E-state index contributed by atoms with van der Waals surface area (Å²) in [6.45, 7) is 15.8. The van der Waals surface area contributed by atoms with Gasteiger partial charge in [-0.3, -0.25) is 0 Å². The Kier molecular flexibility index (Phi) is 6.76. The number of hydrogen-bond donors (Lipinski definition) is 4. The maximum absolute atomic E-state index is 11.7. The minimum Gasteiger partial charge on any atom is -0.393 e. The van der Waals surface area contributed by atoms with Crippen LogP contribution in [0.25, 0.3) is 0 Å². The normalized spacial score (nSPS) is 47.1. The number of hydrogen-bond acceptors (Lipinski definition) is 4. The van der Waals surface area contributed by atoms with Crippen molar-refractivity contribution in [2.24, 2.45) is 39.4 Å². The van der Waals surface area contributed by atoms with Crippen molar-refractivity contribution in [3.8, 4) is 0 Å². The highest BCUT2D eigenvalue weighted by Crippen LogP contribution is 2.72. The Labute approximate surface area is 207 Å². The maximum Gasteiger partial charge on any atom is 0.0762 e. The molecule has 2 saturated carbocycles. The molecule has 0 amide bonds. The van der Waals surface area contributed by atoms with Crippen molar-refractivity contribution in [3.63, 3.8) is 0 Å². The van der Waals surface area contributed by atoms with Crippen molar-refractivity contribution in [1.29, 1.82) is 0 Å². The molecule has 0 aromatic carbocycles. The highest BCUT2D eigenvalue weighted by Gasteiger charge is 2.67. The van der Waals surface area contributed by atoms with E-state index in [1.807, 2.05) is 6.92 Å². The lowest BCUT2D eigenvalue weighted by molar-refractivity contribution is -0.117. The lowest BCUT2D eigenvalue weighted by atomic mass is 9.42. The Morgan fingerprint density at radius 1 is 1.03 bits per heavy atom. The van der Waals surface area contributed by atoms with Crippen molar-refractivity contribution < 1.29 is 20.4 Å². The molecule has 34 heavy (non-hydrogen) atoms. The number of rotatable bonds is 5. The molecule has 4 aliphatic rings. The van der Waals surface area contributed by atoms with Crippen LogP contribution >= 0.6 is 0 Å². The van der Waals surface area contributed by atoms with E-state index in [9.17, 15) is 20.4 Å². The first-order chi connectivity index (χ1) is 15.7. The van der Waals surface area contributed by atoms with E-state index in [4.69, 9.17) is 0 Å². The molecule has 0 bridgehead atoms. The van der Waals surface area contributed by atoms with Gasteiger partial charge in [-0.25, -0.2) is 0 Å². The first-order valence-electron chi connectivity index (χ1n) is 13.8. The molecule has 4 nitrogen and oxygen atoms in total. The summed E-state index contributed by atoms with van der Waals surface area (Å²) >= 11 is 0. The van der Waals surface area contributed by atoms with Gasteiger partial charge in [0.15, 0.2) is 0 Å². The Balaban J connectivity index is 1.71. The monoisotopic (exact) mass is 474 g/mol. The number of aliphatic hydroxyl groups excluding tert-OH is 4. The fraction of sp³-hybridized carbons (Fsp3) is 0.867. The van der Waals surface area contributed by atoms with E-state index in [0.717, 1.165) is 56.1 Å². The largest absolute Gasteiger partial charge is 0.393 e. The van der Waals surface area contributed by atoms with Crippen LogP contribution < -0.4 is 0 Å². The van der Waals surface area contributed by atoms with E-state index < -0.39 is 17.6 Å². The van der Waals surface area contributed by atoms with Gasteiger partial charge in [0.2, 0.25) is 0 Å². The van der Waals surface area contributed by atoms with E-state index in [-0.39, 0.29) is 34.9 Å². The fourth-order valence-corrected chi connectivity index (χ4v) is 9.43. The zero-order valence-corrected chi connectivity index (χ0v) is 22.7. The van der Waals surface area contributed by atoms with Crippen molar-refractivity contribution in [1.82, 2.24) is 0 Å². The van der Waals surface area contributed by atoms with Crippen LogP contribution in [0.15, 0.2) is 22.8 Å². The summed E-state index contributed by atoms with van der Waals surface area (Å²) in [4.78, 5) is 0. The molecule has 194 valence electrons. The maximum atomic E-state index is 11.7. The first kappa shape index (κ1) is 26.4. The van der Waals surface area contributed by atoms with Gasteiger partial charge < -0.3 is 20.4 Å². The van der Waals surface area contributed by atoms with Crippen LogP contribution in [0.4, 0.5) is 0 Å². The lowest BCUT2D eigenvalue weighted by Gasteiger charge is -2.63. The summed E-state index contributed by atoms with van der Waals surface area (Å²) in [5, 5.41) is 43.5. The summed E-state index contributed by atoms with van der Waals surface area (Å²) in [6, 6.07) is 0. The molecule has 4 aliphatic carbocycles. The summed E-state index contributed by atoms with van der Waals surface area (Å²) in [5.41, 5.74) is 2.89. The Bertz CT molecular complexity index is 858. The van der Waals surface area contributed by atoms with Gasteiger partial charge >= 0.3 is 0 Å². The highest BCUT2D eigenvalue weighted by atomic mass is 16.3. The van der Waals surface area contributed by atoms with Crippen LogP contribution in [0.5, 0.6) is 0 Å². The minimum atomic E-state index is -0.541. The van der Waals surface area contributed by atoms with Crippen LogP contribution in [0.3, 0.4) is 0 Å². The van der Waals surface area contributed by atoms with E-state index in [2.05, 4.69) is 47.6 Å². The Morgan fingerprint density at radius 3 is 2.35 bits per heavy atom. The van der Waals surface area contributed by atoms with Crippen LogP contribution in [0, 0.1) is 39.4 Å². The molecule has 0 aromatic heterocycles. The molecular weight excluding hydrogens is 424 g/mol. The van der Waals surface area contributed by atoms with Gasteiger partial charge in [-0.15, -0.1) is 0 Å². The standard InChI is InChI=1S/C30H50O4/c1-18(17-31)9-8-10-19(2)21-15-25(34)30(7)26-20(11-14-29(21,30)6)28(5)13-12-24(33)27(3,4)23(28)16-22(26)32/h9,19,21-25,31-34H,8,10-17H2,1-7H3/b18-9+/t19-,21-,22-,23+,24+,25+,28-,29-,30+/m1/s1. The molecule has 0 radical (unpaired) electrons. The van der Waals surface area contributed by atoms with Gasteiger partial charge in [-0.05, 0) is 97.9 Å². The predicted molar refractivity (Wildman–Crippen MR) is 137 cm³/mol. The van der Waals surface area contributed by atoms with Gasteiger partial charge in [-0.1, -0.05) is 58.8 Å². The molecular formula is C30H50O4. The lowest BCUT2D eigenvalue weighted by Crippen LogP contribution is -2.59. The van der Waals surface area contributed by atoms with E-state index in [1.165, 1.54) is 5.57 Å². The second kappa shape index (κ2) is 8.71. The van der Waals surface area contributed by atoms with E-state index >= 15 is 0 Å². The SMILES string of the molecule is C/C(=C\CC[C@@H](C)[C@H]1C[C@H](O)[C@@]2(C)C3=C(CC[C@]12C)[C@@]1(C)CC[C@H](O)C(C)(C)[C@@H]1C[C@H]3O)CO. The molecule has 4 heteroatoms. The van der Waals surface area contributed by atoms with Crippen LogP contribution in [-0.2, 0) is 0 Å². The van der Waals surface area contributed by atoms with E-state index in [1.54, 1.807) is 0 Å². The predicted octanol–water partition coefficient (Wildman–Crippen LogP) is 5.39. The number of fused-ring (bicyclic) bond motifs is 4. The average Bonchev–Trinajstić information content (AvgIpc) is 2.99. The molecule has 0 heterocycles. The second-order valence-corrected chi connectivity index (χ2v) is 13.7. The zero-order valence-electron chi connectivity index (χ0n) is 22.7.